The predicted molar refractivity (Wildman–Crippen MR) is 70.2 cm³/mol. The van der Waals surface area contributed by atoms with E-state index in [0.29, 0.717) is 25.0 Å². The first kappa shape index (κ1) is 11.7. The molecule has 104 valence electrons. The fourth-order valence-corrected chi connectivity index (χ4v) is 3.46. The molecule has 19 heavy (non-hydrogen) atoms. The van der Waals surface area contributed by atoms with Crippen molar-refractivity contribution in [1.29, 1.82) is 0 Å². The van der Waals surface area contributed by atoms with Gasteiger partial charge in [0.1, 0.15) is 0 Å². The third kappa shape index (κ3) is 2.37. The molecule has 4 fully saturated rings. The van der Waals surface area contributed by atoms with E-state index in [9.17, 15) is 9.59 Å². The molecule has 1 saturated heterocycles. The van der Waals surface area contributed by atoms with Gasteiger partial charge in [0.15, 0.2) is 0 Å². The van der Waals surface area contributed by atoms with Crippen LogP contribution in [-0.2, 0) is 9.59 Å². The average molecular weight is 262 g/mol. The van der Waals surface area contributed by atoms with Crippen molar-refractivity contribution in [3.63, 3.8) is 0 Å². The molecule has 1 N–H and O–H groups in total. The summed E-state index contributed by atoms with van der Waals surface area (Å²) in [7, 11) is 0. The van der Waals surface area contributed by atoms with Crippen LogP contribution >= 0.6 is 0 Å². The second-order valence-corrected chi connectivity index (χ2v) is 6.89. The van der Waals surface area contributed by atoms with Gasteiger partial charge in [-0.2, -0.15) is 0 Å². The SMILES string of the molecule is O=C(NC(C1CC1)C1CC1)[C@@H]1CC(=O)N(C2CC2)C1. The molecule has 3 saturated carbocycles. The molecule has 0 aromatic heterocycles. The van der Waals surface area contributed by atoms with E-state index in [1.807, 2.05) is 4.90 Å². The van der Waals surface area contributed by atoms with Gasteiger partial charge in [-0.25, -0.2) is 0 Å². The summed E-state index contributed by atoms with van der Waals surface area (Å²) >= 11 is 0. The van der Waals surface area contributed by atoms with Crippen molar-refractivity contribution in [2.75, 3.05) is 6.54 Å². The quantitative estimate of drug-likeness (QED) is 0.812. The monoisotopic (exact) mass is 262 g/mol. The number of likely N-dealkylation sites (tertiary alicyclic amines) is 1. The summed E-state index contributed by atoms with van der Waals surface area (Å²) in [4.78, 5) is 26.2. The van der Waals surface area contributed by atoms with Crippen LogP contribution in [0.1, 0.15) is 44.9 Å². The van der Waals surface area contributed by atoms with Crippen LogP contribution in [0.2, 0.25) is 0 Å². The lowest BCUT2D eigenvalue weighted by molar-refractivity contribution is -0.129. The minimum absolute atomic E-state index is 0.0897. The molecule has 4 heteroatoms. The second kappa shape index (κ2) is 4.22. The third-order valence-corrected chi connectivity index (χ3v) is 5.09. The summed E-state index contributed by atoms with van der Waals surface area (Å²) in [5, 5.41) is 3.27. The predicted octanol–water partition coefficient (Wildman–Crippen LogP) is 1.30. The van der Waals surface area contributed by atoms with Gasteiger partial charge in [-0.3, -0.25) is 9.59 Å². The van der Waals surface area contributed by atoms with Crippen molar-refractivity contribution in [3.05, 3.63) is 0 Å². The Kier molecular flexibility index (Phi) is 2.61. The van der Waals surface area contributed by atoms with Gasteiger partial charge in [0.2, 0.25) is 11.8 Å². The molecular formula is C15H22N2O2. The number of nitrogens with one attached hydrogen (secondary N) is 1. The summed E-state index contributed by atoms with van der Waals surface area (Å²) < 4.78 is 0. The van der Waals surface area contributed by atoms with Gasteiger partial charge in [0.25, 0.3) is 0 Å². The van der Waals surface area contributed by atoms with Crippen molar-refractivity contribution in [1.82, 2.24) is 10.2 Å². The molecule has 4 aliphatic rings. The molecule has 1 aliphatic heterocycles. The Morgan fingerprint density at radius 2 is 1.74 bits per heavy atom. The Labute approximate surface area is 113 Å². The summed E-state index contributed by atoms with van der Waals surface area (Å²) in [6.45, 7) is 0.664. The van der Waals surface area contributed by atoms with Gasteiger partial charge >= 0.3 is 0 Å². The lowest BCUT2D eigenvalue weighted by Gasteiger charge is -2.20. The summed E-state index contributed by atoms with van der Waals surface area (Å²) in [5.74, 6) is 1.70. The molecule has 1 atom stereocenters. The molecule has 3 aliphatic carbocycles. The first-order valence-corrected chi connectivity index (χ1v) is 7.82. The van der Waals surface area contributed by atoms with E-state index < -0.39 is 0 Å². The molecule has 0 aromatic carbocycles. The highest BCUT2D eigenvalue weighted by atomic mass is 16.2. The molecule has 4 nitrogen and oxygen atoms in total. The number of carbonyl (C=O) groups is 2. The van der Waals surface area contributed by atoms with Crippen molar-refractivity contribution in [3.8, 4) is 0 Å². The number of carbonyl (C=O) groups excluding carboxylic acids is 2. The van der Waals surface area contributed by atoms with E-state index in [0.717, 1.165) is 24.7 Å². The Hall–Kier alpha value is -1.06. The van der Waals surface area contributed by atoms with Crippen LogP contribution in [0.25, 0.3) is 0 Å². The molecule has 0 unspecified atom stereocenters. The van der Waals surface area contributed by atoms with Crippen LogP contribution in [0, 0.1) is 17.8 Å². The highest BCUT2D eigenvalue weighted by molar-refractivity contribution is 5.89. The minimum Gasteiger partial charge on any atom is -0.353 e. The van der Waals surface area contributed by atoms with Crippen LogP contribution in [-0.4, -0.2) is 35.3 Å². The van der Waals surface area contributed by atoms with E-state index in [4.69, 9.17) is 0 Å². The molecule has 0 bridgehead atoms. The van der Waals surface area contributed by atoms with Gasteiger partial charge in [0.05, 0.1) is 5.92 Å². The van der Waals surface area contributed by atoms with E-state index in [1.54, 1.807) is 0 Å². The third-order valence-electron chi connectivity index (χ3n) is 5.09. The Morgan fingerprint density at radius 3 is 2.26 bits per heavy atom. The highest BCUT2D eigenvalue weighted by Crippen LogP contribution is 2.44. The maximum absolute atomic E-state index is 12.4. The zero-order valence-electron chi connectivity index (χ0n) is 11.3. The van der Waals surface area contributed by atoms with Crippen LogP contribution in [0.15, 0.2) is 0 Å². The van der Waals surface area contributed by atoms with Gasteiger partial charge in [-0.1, -0.05) is 0 Å². The average Bonchev–Trinajstić information content (AvgIpc) is 3.27. The van der Waals surface area contributed by atoms with Crippen LogP contribution in [0.3, 0.4) is 0 Å². The smallest absolute Gasteiger partial charge is 0.225 e. The maximum atomic E-state index is 12.4. The van der Waals surface area contributed by atoms with E-state index in [-0.39, 0.29) is 17.7 Å². The molecule has 4 rings (SSSR count). The Morgan fingerprint density at radius 1 is 1.11 bits per heavy atom. The molecule has 1 heterocycles. The maximum Gasteiger partial charge on any atom is 0.225 e. The largest absolute Gasteiger partial charge is 0.353 e. The molecule has 0 radical (unpaired) electrons. The zero-order chi connectivity index (χ0) is 13.0. The first-order valence-electron chi connectivity index (χ1n) is 7.82. The summed E-state index contributed by atoms with van der Waals surface area (Å²) in [6.07, 6.45) is 7.81. The van der Waals surface area contributed by atoms with Crippen LogP contribution in [0.5, 0.6) is 0 Å². The lowest BCUT2D eigenvalue weighted by Crippen LogP contribution is -2.42. The number of hydrogen-bond donors (Lipinski definition) is 1. The molecule has 0 spiro atoms. The molecule has 0 aromatic rings. The van der Waals surface area contributed by atoms with E-state index >= 15 is 0 Å². The Balaban J connectivity index is 1.36. The number of hydrogen-bond acceptors (Lipinski definition) is 2. The topological polar surface area (TPSA) is 49.4 Å². The highest BCUT2D eigenvalue weighted by Gasteiger charge is 2.45. The fourth-order valence-electron chi connectivity index (χ4n) is 3.46. The molecular weight excluding hydrogens is 240 g/mol. The Bertz CT molecular complexity index is 398. The van der Waals surface area contributed by atoms with Crippen molar-refractivity contribution in [2.45, 2.75) is 57.0 Å². The van der Waals surface area contributed by atoms with Gasteiger partial charge in [0, 0.05) is 25.0 Å². The fraction of sp³-hybridized carbons (Fsp3) is 0.867. The second-order valence-electron chi connectivity index (χ2n) is 6.89. The minimum atomic E-state index is -0.0897. The lowest BCUT2D eigenvalue weighted by atomic mass is 10.0. The standard InChI is InChI=1S/C15H22N2O2/c18-13-7-11(8-17(13)12-5-6-12)15(19)16-14(9-1-2-9)10-3-4-10/h9-12,14H,1-8H2,(H,16,19)/t11-/m1/s1. The van der Waals surface area contributed by atoms with E-state index in [2.05, 4.69) is 5.32 Å². The van der Waals surface area contributed by atoms with E-state index in [1.165, 1.54) is 25.7 Å². The van der Waals surface area contributed by atoms with Gasteiger partial charge in [-0.05, 0) is 50.4 Å². The summed E-state index contributed by atoms with van der Waals surface area (Å²) in [6, 6.07) is 0.866. The van der Waals surface area contributed by atoms with Crippen molar-refractivity contribution < 1.29 is 9.59 Å². The van der Waals surface area contributed by atoms with Crippen molar-refractivity contribution in [2.24, 2.45) is 17.8 Å². The zero-order valence-corrected chi connectivity index (χ0v) is 11.3. The molecule has 2 amide bonds. The summed E-state index contributed by atoms with van der Waals surface area (Å²) in [5.41, 5.74) is 0. The number of amides is 2. The number of rotatable bonds is 5. The van der Waals surface area contributed by atoms with Crippen LogP contribution < -0.4 is 5.32 Å². The normalized spacial score (nSPS) is 31.1. The first-order chi connectivity index (χ1) is 9.22. The van der Waals surface area contributed by atoms with Gasteiger partial charge < -0.3 is 10.2 Å². The van der Waals surface area contributed by atoms with Crippen LogP contribution in [0.4, 0.5) is 0 Å². The van der Waals surface area contributed by atoms with Crippen molar-refractivity contribution >= 4 is 11.8 Å². The van der Waals surface area contributed by atoms with Gasteiger partial charge in [-0.15, -0.1) is 0 Å². The number of nitrogens with zero attached hydrogens (tertiary/aromatic N) is 1.